The van der Waals surface area contributed by atoms with Crippen molar-refractivity contribution < 1.29 is 17.9 Å². The van der Waals surface area contributed by atoms with Gasteiger partial charge in [-0.2, -0.15) is 0 Å². The van der Waals surface area contributed by atoms with E-state index in [9.17, 15) is 13.2 Å². The van der Waals surface area contributed by atoms with E-state index < -0.39 is 9.84 Å². The monoisotopic (exact) mass is 366 g/mol. The van der Waals surface area contributed by atoms with E-state index in [1.165, 1.54) is 16.2 Å². The van der Waals surface area contributed by atoms with E-state index >= 15 is 0 Å². The number of sulfone groups is 1. The van der Waals surface area contributed by atoms with Gasteiger partial charge in [0.25, 0.3) is 5.91 Å². The number of carbonyl (C=O) groups is 1. The van der Waals surface area contributed by atoms with Gasteiger partial charge in [-0.15, -0.1) is 11.3 Å². The molecule has 1 aromatic heterocycles. The predicted molar refractivity (Wildman–Crippen MR) is 92.0 cm³/mol. The van der Waals surface area contributed by atoms with Crippen LogP contribution in [0.15, 0.2) is 35.2 Å². The first-order valence-corrected chi connectivity index (χ1v) is 10.3. The lowest BCUT2D eigenvalue weighted by Crippen LogP contribution is -2.37. The zero-order chi connectivity index (χ0) is 17.2. The average Bonchev–Trinajstić information content (AvgIpc) is 3.21. The Morgan fingerprint density at radius 1 is 1.38 bits per heavy atom. The Bertz CT molecular complexity index is 801. The van der Waals surface area contributed by atoms with Crippen molar-refractivity contribution >= 4 is 27.1 Å². The van der Waals surface area contributed by atoms with Crippen LogP contribution in [0.2, 0.25) is 0 Å². The molecule has 2 heterocycles. The first-order chi connectivity index (χ1) is 11.4. The summed E-state index contributed by atoms with van der Waals surface area (Å²) < 4.78 is 28.7. The standard InChI is InChI=1S/C16H18N2O4S2/c1-18(14-6-7-24(20,21)10-14)16(19)12-2-4-15(5-3-12)22-8-13-9-23-11-17-13/h2-5,9,11,14H,6-8,10H2,1H3/t14-/m1/s1. The van der Waals surface area contributed by atoms with Crippen molar-refractivity contribution in [2.45, 2.75) is 19.1 Å². The Morgan fingerprint density at radius 3 is 2.71 bits per heavy atom. The van der Waals surface area contributed by atoms with E-state index in [1.54, 1.807) is 36.8 Å². The number of thiazole rings is 1. The van der Waals surface area contributed by atoms with Gasteiger partial charge >= 0.3 is 0 Å². The van der Waals surface area contributed by atoms with Crippen LogP contribution >= 0.6 is 11.3 Å². The number of amides is 1. The molecule has 1 atom stereocenters. The molecule has 0 radical (unpaired) electrons. The Morgan fingerprint density at radius 2 is 2.12 bits per heavy atom. The molecule has 1 aromatic carbocycles. The Hall–Kier alpha value is -1.93. The fourth-order valence-electron chi connectivity index (χ4n) is 2.61. The van der Waals surface area contributed by atoms with Crippen molar-refractivity contribution in [1.29, 1.82) is 0 Å². The topological polar surface area (TPSA) is 76.6 Å². The van der Waals surface area contributed by atoms with Gasteiger partial charge in [0.05, 0.1) is 22.7 Å². The highest BCUT2D eigenvalue weighted by molar-refractivity contribution is 7.91. The molecule has 0 unspecified atom stereocenters. The lowest BCUT2D eigenvalue weighted by molar-refractivity contribution is 0.0747. The number of ether oxygens (including phenoxy) is 1. The summed E-state index contributed by atoms with van der Waals surface area (Å²) in [6, 6.07) is 6.61. The van der Waals surface area contributed by atoms with E-state index in [-0.39, 0.29) is 23.5 Å². The summed E-state index contributed by atoms with van der Waals surface area (Å²) in [5.41, 5.74) is 3.13. The number of aromatic nitrogens is 1. The molecule has 2 aromatic rings. The van der Waals surface area contributed by atoms with Crippen molar-refractivity contribution in [3.63, 3.8) is 0 Å². The number of rotatable bonds is 5. The van der Waals surface area contributed by atoms with Gasteiger partial charge in [0.1, 0.15) is 12.4 Å². The zero-order valence-corrected chi connectivity index (χ0v) is 14.8. The van der Waals surface area contributed by atoms with Crippen LogP contribution in [0.5, 0.6) is 5.75 Å². The second-order valence-electron chi connectivity index (χ2n) is 5.77. The van der Waals surface area contributed by atoms with Gasteiger partial charge in [0, 0.05) is 24.0 Å². The number of hydrogen-bond donors (Lipinski definition) is 0. The van der Waals surface area contributed by atoms with Crippen LogP contribution in [0.25, 0.3) is 0 Å². The van der Waals surface area contributed by atoms with Gasteiger partial charge in [-0.3, -0.25) is 4.79 Å². The molecule has 1 aliphatic heterocycles. The summed E-state index contributed by atoms with van der Waals surface area (Å²) in [7, 11) is -1.36. The van der Waals surface area contributed by atoms with E-state index in [1.807, 2.05) is 5.38 Å². The molecule has 1 amide bonds. The lowest BCUT2D eigenvalue weighted by Gasteiger charge is -2.23. The molecule has 3 rings (SSSR count). The molecule has 1 fully saturated rings. The summed E-state index contributed by atoms with van der Waals surface area (Å²) >= 11 is 1.51. The van der Waals surface area contributed by atoms with Crippen LogP contribution in [0, 0.1) is 0 Å². The SMILES string of the molecule is CN(C(=O)c1ccc(OCc2cscn2)cc1)[C@@H]1CCS(=O)(=O)C1. The third kappa shape index (κ3) is 3.93. The summed E-state index contributed by atoms with van der Waals surface area (Å²) in [5.74, 6) is 0.678. The van der Waals surface area contributed by atoms with Crippen LogP contribution in [-0.4, -0.2) is 48.8 Å². The summed E-state index contributed by atoms with van der Waals surface area (Å²) in [4.78, 5) is 18.1. The molecule has 0 saturated carbocycles. The number of carbonyl (C=O) groups excluding carboxylic acids is 1. The molecule has 0 bridgehead atoms. The Kier molecular flexibility index (Phi) is 4.86. The minimum atomic E-state index is -3.01. The molecule has 0 N–H and O–H groups in total. The molecule has 6 nitrogen and oxygen atoms in total. The quantitative estimate of drug-likeness (QED) is 0.809. The maximum absolute atomic E-state index is 12.5. The van der Waals surface area contributed by atoms with Crippen molar-refractivity contribution in [2.24, 2.45) is 0 Å². The number of hydrogen-bond acceptors (Lipinski definition) is 6. The third-order valence-electron chi connectivity index (χ3n) is 4.05. The van der Waals surface area contributed by atoms with Crippen molar-refractivity contribution in [3.05, 3.63) is 46.4 Å². The van der Waals surface area contributed by atoms with Crippen LogP contribution in [0.3, 0.4) is 0 Å². The van der Waals surface area contributed by atoms with E-state index in [2.05, 4.69) is 4.98 Å². The van der Waals surface area contributed by atoms with Gasteiger partial charge in [-0.25, -0.2) is 13.4 Å². The van der Waals surface area contributed by atoms with Gasteiger partial charge in [-0.1, -0.05) is 0 Å². The smallest absolute Gasteiger partial charge is 0.253 e. The fraction of sp³-hybridized carbons (Fsp3) is 0.375. The van der Waals surface area contributed by atoms with Crippen LogP contribution in [0.4, 0.5) is 0 Å². The summed E-state index contributed by atoms with van der Waals surface area (Å²) in [6.45, 7) is 0.386. The van der Waals surface area contributed by atoms with Crippen molar-refractivity contribution in [2.75, 3.05) is 18.6 Å². The molecule has 0 spiro atoms. The van der Waals surface area contributed by atoms with Gasteiger partial charge < -0.3 is 9.64 Å². The molecule has 8 heteroatoms. The highest BCUT2D eigenvalue weighted by Gasteiger charge is 2.32. The highest BCUT2D eigenvalue weighted by atomic mass is 32.2. The zero-order valence-electron chi connectivity index (χ0n) is 13.2. The number of nitrogens with zero attached hydrogens (tertiary/aromatic N) is 2. The number of benzene rings is 1. The highest BCUT2D eigenvalue weighted by Crippen LogP contribution is 2.20. The second-order valence-corrected chi connectivity index (χ2v) is 8.71. The van der Waals surface area contributed by atoms with Crippen LogP contribution in [0.1, 0.15) is 22.5 Å². The molecule has 1 aliphatic rings. The lowest BCUT2D eigenvalue weighted by atomic mass is 10.1. The van der Waals surface area contributed by atoms with Gasteiger partial charge in [0.15, 0.2) is 9.84 Å². The molecular formula is C16H18N2O4S2. The first-order valence-electron chi connectivity index (χ1n) is 7.52. The molecule has 24 heavy (non-hydrogen) atoms. The predicted octanol–water partition coefficient (Wildman–Crippen LogP) is 1.98. The normalized spacial score (nSPS) is 19.1. The molecule has 1 saturated heterocycles. The van der Waals surface area contributed by atoms with Gasteiger partial charge in [0.2, 0.25) is 0 Å². The second kappa shape index (κ2) is 6.90. The first kappa shape index (κ1) is 16.9. The largest absolute Gasteiger partial charge is 0.487 e. The molecular weight excluding hydrogens is 348 g/mol. The average molecular weight is 366 g/mol. The maximum atomic E-state index is 12.5. The summed E-state index contributed by atoms with van der Waals surface area (Å²) in [5, 5.41) is 1.92. The Labute approximate surface area is 145 Å². The minimum absolute atomic E-state index is 0.0457. The summed E-state index contributed by atoms with van der Waals surface area (Å²) in [6.07, 6.45) is 0.499. The molecule has 128 valence electrons. The third-order valence-corrected chi connectivity index (χ3v) is 6.43. The van der Waals surface area contributed by atoms with Crippen LogP contribution < -0.4 is 4.74 Å². The fourth-order valence-corrected chi connectivity index (χ4v) is 4.93. The molecule has 0 aliphatic carbocycles. The van der Waals surface area contributed by atoms with Crippen molar-refractivity contribution in [1.82, 2.24) is 9.88 Å². The van der Waals surface area contributed by atoms with Gasteiger partial charge in [-0.05, 0) is 30.7 Å². The van der Waals surface area contributed by atoms with Crippen molar-refractivity contribution in [3.8, 4) is 5.75 Å². The minimum Gasteiger partial charge on any atom is -0.487 e. The van der Waals surface area contributed by atoms with E-state index in [4.69, 9.17) is 4.74 Å². The van der Waals surface area contributed by atoms with E-state index in [0.717, 1.165) is 5.69 Å². The maximum Gasteiger partial charge on any atom is 0.253 e. The van der Waals surface area contributed by atoms with Crippen LogP contribution in [-0.2, 0) is 16.4 Å². The van der Waals surface area contributed by atoms with E-state index in [0.29, 0.717) is 24.3 Å². The Balaban J connectivity index is 1.61.